The van der Waals surface area contributed by atoms with Crippen LogP contribution in [0.2, 0.25) is 0 Å². The van der Waals surface area contributed by atoms with Crippen LogP contribution in [0.5, 0.6) is 0 Å². The number of amides is 1. The number of fused-ring (bicyclic) bond motifs is 1. The van der Waals surface area contributed by atoms with E-state index in [4.69, 9.17) is 0 Å². The summed E-state index contributed by atoms with van der Waals surface area (Å²) in [6, 6.07) is 10.3. The van der Waals surface area contributed by atoms with Crippen LogP contribution in [0.25, 0.3) is 5.69 Å². The van der Waals surface area contributed by atoms with Gasteiger partial charge in [0.1, 0.15) is 0 Å². The van der Waals surface area contributed by atoms with Gasteiger partial charge in [0.05, 0.1) is 11.4 Å². The minimum Gasteiger partial charge on any atom is -0.334 e. The van der Waals surface area contributed by atoms with Crippen molar-refractivity contribution in [3.05, 3.63) is 41.7 Å². The quantitative estimate of drug-likeness (QED) is 0.846. The Balaban J connectivity index is 1.54. The third kappa shape index (κ3) is 2.71. The fourth-order valence-corrected chi connectivity index (χ4v) is 3.83. The van der Waals surface area contributed by atoms with Crippen molar-refractivity contribution in [3.8, 4) is 5.69 Å². The van der Waals surface area contributed by atoms with Gasteiger partial charge in [-0.3, -0.25) is 9.69 Å². The number of carbonyl (C=O) groups is 1. The van der Waals surface area contributed by atoms with Gasteiger partial charge in [-0.15, -0.1) is 5.10 Å². The van der Waals surface area contributed by atoms with Crippen LogP contribution in [0.4, 0.5) is 0 Å². The molecule has 0 unspecified atom stereocenters. The molecule has 2 aliphatic rings. The summed E-state index contributed by atoms with van der Waals surface area (Å²) in [5.74, 6) is 0.0138. The smallest absolute Gasteiger partial charge is 0.276 e. The normalized spacial score (nSPS) is 21.5. The minimum absolute atomic E-state index is 0.0138. The predicted octanol–water partition coefficient (Wildman–Crippen LogP) is 1.89. The maximum Gasteiger partial charge on any atom is 0.276 e. The number of piperidine rings is 1. The minimum atomic E-state index is 0.0138. The zero-order chi connectivity index (χ0) is 16.5. The van der Waals surface area contributed by atoms with Gasteiger partial charge in [0.15, 0.2) is 5.69 Å². The molecule has 1 aromatic carbocycles. The Bertz CT molecular complexity index is 726. The van der Waals surface area contributed by atoms with Gasteiger partial charge in [0.2, 0.25) is 0 Å². The molecule has 0 spiro atoms. The zero-order valence-corrected chi connectivity index (χ0v) is 14.1. The lowest BCUT2D eigenvalue weighted by atomic mass is 9.99. The summed E-state index contributed by atoms with van der Waals surface area (Å²) in [5, 5.41) is 8.37. The van der Waals surface area contributed by atoms with Crippen LogP contribution in [-0.2, 0) is 0 Å². The second-order valence-electron chi connectivity index (χ2n) is 6.71. The number of aromatic nitrogens is 3. The second-order valence-corrected chi connectivity index (χ2v) is 6.71. The van der Waals surface area contributed by atoms with Gasteiger partial charge in [-0.25, -0.2) is 4.68 Å². The highest BCUT2D eigenvalue weighted by Crippen LogP contribution is 2.22. The average molecular weight is 325 g/mol. The van der Waals surface area contributed by atoms with E-state index in [0.717, 1.165) is 31.0 Å². The van der Waals surface area contributed by atoms with Gasteiger partial charge in [-0.2, -0.15) is 0 Å². The van der Waals surface area contributed by atoms with E-state index in [2.05, 4.69) is 15.2 Å². The number of para-hydroxylation sites is 1. The molecule has 0 radical (unpaired) electrons. The Hall–Kier alpha value is -2.21. The molecule has 4 rings (SSSR count). The van der Waals surface area contributed by atoms with E-state index in [1.54, 1.807) is 4.68 Å². The van der Waals surface area contributed by atoms with Crippen molar-refractivity contribution in [1.82, 2.24) is 24.8 Å². The predicted molar refractivity (Wildman–Crippen MR) is 91.2 cm³/mol. The highest BCUT2D eigenvalue weighted by Gasteiger charge is 2.33. The van der Waals surface area contributed by atoms with Crippen molar-refractivity contribution >= 4 is 5.91 Å². The Morgan fingerprint density at radius 3 is 2.79 bits per heavy atom. The highest BCUT2D eigenvalue weighted by molar-refractivity contribution is 5.93. The number of rotatable bonds is 2. The molecule has 6 heteroatoms. The molecule has 1 atom stereocenters. The molecule has 2 aliphatic heterocycles. The summed E-state index contributed by atoms with van der Waals surface area (Å²) in [6.07, 6.45) is 3.75. The van der Waals surface area contributed by atoms with Crippen LogP contribution in [0.1, 0.15) is 35.4 Å². The maximum absolute atomic E-state index is 12.9. The summed E-state index contributed by atoms with van der Waals surface area (Å²) in [7, 11) is 0. The molecule has 0 aliphatic carbocycles. The summed E-state index contributed by atoms with van der Waals surface area (Å²) in [6.45, 7) is 5.67. The topological polar surface area (TPSA) is 54.3 Å². The molecule has 0 bridgehead atoms. The van der Waals surface area contributed by atoms with E-state index in [1.165, 1.54) is 25.8 Å². The second kappa shape index (κ2) is 6.36. The Morgan fingerprint density at radius 1 is 1.12 bits per heavy atom. The SMILES string of the molecule is Cc1c(C(=O)N2CCN3CCCC[C@@H]3C2)nnn1-c1ccccc1. The molecule has 126 valence electrons. The summed E-state index contributed by atoms with van der Waals surface area (Å²) >= 11 is 0. The molecule has 6 nitrogen and oxygen atoms in total. The van der Waals surface area contributed by atoms with E-state index in [9.17, 15) is 4.79 Å². The van der Waals surface area contributed by atoms with Gasteiger partial charge in [-0.1, -0.05) is 29.8 Å². The van der Waals surface area contributed by atoms with Crippen LogP contribution in [-0.4, -0.2) is 62.9 Å². The molecule has 2 saturated heterocycles. The van der Waals surface area contributed by atoms with Crippen molar-refractivity contribution in [1.29, 1.82) is 0 Å². The monoisotopic (exact) mass is 325 g/mol. The first-order chi connectivity index (χ1) is 11.7. The van der Waals surface area contributed by atoms with Gasteiger partial charge in [0.25, 0.3) is 5.91 Å². The molecular weight excluding hydrogens is 302 g/mol. The number of hydrogen-bond acceptors (Lipinski definition) is 4. The number of carbonyl (C=O) groups excluding carboxylic acids is 1. The van der Waals surface area contributed by atoms with Crippen LogP contribution >= 0.6 is 0 Å². The first-order valence-electron chi connectivity index (χ1n) is 8.75. The fraction of sp³-hybridized carbons (Fsp3) is 0.500. The standard InChI is InChI=1S/C18H23N5O/c1-14-17(19-20-23(14)15-7-3-2-4-8-15)18(24)22-12-11-21-10-6-5-9-16(21)13-22/h2-4,7-8,16H,5-6,9-13H2,1H3/t16-/m1/s1. The number of benzene rings is 1. The van der Waals surface area contributed by atoms with Gasteiger partial charge >= 0.3 is 0 Å². The van der Waals surface area contributed by atoms with E-state index < -0.39 is 0 Å². The van der Waals surface area contributed by atoms with Gasteiger partial charge < -0.3 is 4.90 Å². The molecule has 3 heterocycles. The fourth-order valence-electron chi connectivity index (χ4n) is 3.83. The first kappa shape index (κ1) is 15.3. The van der Waals surface area contributed by atoms with Crippen molar-refractivity contribution in [2.24, 2.45) is 0 Å². The lowest BCUT2D eigenvalue weighted by Crippen LogP contribution is -2.56. The lowest BCUT2D eigenvalue weighted by molar-refractivity contribution is 0.0367. The van der Waals surface area contributed by atoms with Crippen LogP contribution in [0.3, 0.4) is 0 Å². The molecule has 0 N–H and O–H groups in total. The lowest BCUT2D eigenvalue weighted by Gasteiger charge is -2.43. The Morgan fingerprint density at radius 2 is 1.96 bits per heavy atom. The molecule has 2 aromatic rings. The van der Waals surface area contributed by atoms with Crippen molar-refractivity contribution in [2.45, 2.75) is 32.2 Å². The maximum atomic E-state index is 12.9. The molecular formula is C18H23N5O. The van der Waals surface area contributed by atoms with Crippen molar-refractivity contribution in [3.63, 3.8) is 0 Å². The van der Waals surface area contributed by atoms with Gasteiger partial charge in [-0.05, 0) is 38.4 Å². The van der Waals surface area contributed by atoms with Crippen LogP contribution < -0.4 is 0 Å². The first-order valence-corrected chi connectivity index (χ1v) is 8.75. The van der Waals surface area contributed by atoms with E-state index in [1.807, 2.05) is 42.2 Å². The van der Waals surface area contributed by atoms with Crippen molar-refractivity contribution < 1.29 is 4.79 Å². The van der Waals surface area contributed by atoms with E-state index in [-0.39, 0.29) is 5.91 Å². The largest absolute Gasteiger partial charge is 0.334 e. The summed E-state index contributed by atoms with van der Waals surface area (Å²) in [5.41, 5.74) is 2.21. The van der Waals surface area contributed by atoms with Crippen molar-refractivity contribution in [2.75, 3.05) is 26.2 Å². The van der Waals surface area contributed by atoms with Crippen LogP contribution in [0, 0.1) is 6.92 Å². The highest BCUT2D eigenvalue weighted by atomic mass is 16.2. The van der Waals surface area contributed by atoms with E-state index in [0.29, 0.717) is 11.7 Å². The third-order valence-corrected chi connectivity index (χ3v) is 5.22. The van der Waals surface area contributed by atoms with E-state index >= 15 is 0 Å². The number of hydrogen-bond donors (Lipinski definition) is 0. The molecule has 1 aromatic heterocycles. The number of nitrogens with zero attached hydrogens (tertiary/aromatic N) is 5. The Labute approximate surface area is 142 Å². The molecule has 0 saturated carbocycles. The summed E-state index contributed by atoms with van der Waals surface area (Å²) < 4.78 is 1.74. The van der Waals surface area contributed by atoms with Crippen LogP contribution in [0.15, 0.2) is 30.3 Å². The Kier molecular flexibility index (Phi) is 4.06. The van der Waals surface area contributed by atoms with Gasteiger partial charge in [0, 0.05) is 25.7 Å². The number of piperazine rings is 1. The molecule has 24 heavy (non-hydrogen) atoms. The third-order valence-electron chi connectivity index (χ3n) is 5.22. The molecule has 2 fully saturated rings. The average Bonchev–Trinajstić information content (AvgIpc) is 3.03. The zero-order valence-electron chi connectivity index (χ0n) is 14.1. The summed E-state index contributed by atoms with van der Waals surface area (Å²) in [4.78, 5) is 17.4. The molecule has 1 amide bonds.